The topological polar surface area (TPSA) is 61.5 Å². The molecule has 0 fully saturated rings. The van der Waals surface area contributed by atoms with Gasteiger partial charge in [0.1, 0.15) is 12.4 Å². The van der Waals surface area contributed by atoms with Gasteiger partial charge < -0.3 is 15.2 Å². The summed E-state index contributed by atoms with van der Waals surface area (Å²) in [5.41, 5.74) is 4.17. The van der Waals surface area contributed by atoms with E-state index in [0.717, 1.165) is 7.11 Å². The molecule has 0 bridgehead atoms. The standard InChI is InChI=1S/C11H14FNO3/c1-15-9-6-4-3-5-8(9)11(13,7-12)10(14)16-2/h3-6H,7,13H2,1-2H3. The lowest BCUT2D eigenvalue weighted by Crippen LogP contribution is -2.48. The van der Waals surface area contributed by atoms with Gasteiger partial charge in [-0.2, -0.15) is 0 Å². The molecule has 1 unspecified atom stereocenters. The summed E-state index contributed by atoms with van der Waals surface area (Å²) >= 11 is 0. The molecule has 0 aromatic heterocycles. The summed E-state index contributed by atoms with van der Waals surface area (Å²) in [6.45, 7) is -1.06. The van der Waals surface area contributed by atoms with Gasteiger partial charge in [0.05, 0.1) is 14.2 Å². The Bertz CT molecular complexity index is 383. The van der Waals surface area contributed by atoms with E-state index in [0.29, 0.717) is 5.75 Å². The SMILES string of the molecule is COC(=O)C(N)(CF)c1ccccc1OC. The average molecular weight is 227 g/mol. The summed E-state index contributed by atoms with van der Waals surface area (Å²) in [4.78, 5) is 11.5. The van der Waals surface area contributed by atoms with Gasteiger partial charge in [0.2, 0.25) is 0 Å². The van der Waals surface area contributed by atoms with E-state index in [1.54, 1.807) is 18.2 Å². The molecule has 0 aliphatic heterocycles. The maximum absolute atomic E-state index is 13.0. The van der Waals surface area contributed by atoms with E-state index in [9.17, 15) is 9.18 Å². The number of carbonyl (C=O) groups excluding carboxylic acids is 1. The Labute approximate surface area is 93.2 Å². The number of rotatable bonds is 4. The van der Waals surface area contributed by atoms with Crippen LogP contribution in [0.5, 0.6) is 5.75 Å². The molecule has 1 aromatic carbocycles. The van der Waals surface area contributed by atoms with Crippen molar-refractivity contribution in [3.63, 3.8) is 0 Å². The predicted octanol–water partition coefficient (Wildman–Crippen LogP) is 0.992. The third kappa shape index (κ3) is 1.99. The molecule has 0 spiro atoms. The molecule has 5 heteroatoms. The first-order valence-corrected chi connectivity index (χ1v) is 4.67. The van der Waals surface area contributed by atoms with Crippen molar-refractivity contribution in [1.82, 2.24) is 0 Å². The molecule has 2 N–H and O–H groups in total. The highest BCUT2D eigenvalue weighted by molar-refractivity contribution is 5.83. The van der Waals surface area contributed by atoms with Crippen molar-refractivity contribution in [2.75, 3.05) is 20.9 Å². The molecular weight excluding hydrogens is 213 g/mol. The number of benzene rings is 1. The van der Waals surface area contributed by atoms with Gasteiger partial charge in [0.25, 0.3) is 0 Å². The molecular formula is C11H14FNO3. The van der Waals surface area contributed by atoms with Crippen LogP contribution in [0.25, 0.3) is 0 Å². The highest BCUT2D eigenvalue weighted by Gasteiger charge is 2.39. The Morgan fingerprint density at radius 3 is 2.56 bits per heavy atom. The number of nitrogens with two attached hydrogens (primary N) is 1. The molecule has 88 valence electrons. The molecule has 16 heavy (non-hydrogen) atoms. The number of halogens is 1. The quantitative estimate of drug-likeness (QED) is 0.779. The zero-order valence-electron chi connectivity index (χ0n) is 9.20. The van der Waals surface area contributed by atoms with E-state index in [1.807, 2.05) is 0 Å². The van der Waals surface area contributed by atoms with E-state index in [2.05, 4.69) is 4.74 Å². The molecule has 0 radical (unpaired) electrons. The monoisotopic (exact) mass is 227 g/mol. The highest BCUT2D eigenvalue weighted by atomic mass is 19.1. The Morgan fingerprint density at radius 1 is 1.44 bits per heavy atom. The molecule has 4 nitrogen and oxygen atoms in total. The molecule has 0 amide bonds. The maximum Gasteiger partial charge on any atom is 0.333 e. The summed E-state index contributed by atoms with van der Waals surface area (Å²) in [6.07, 6.45) is 0. The van der Waals surface area contributed by atoms with Crippen molar-refractivity contribution in [3.8, 4) is 5.75 Å². The molecule has 0 saturated heterocycles. The Balaban J connectivity index is 3.27. The molecule has 0 saturated carbocycles. The fraction of sp³-hybridized carbons (Fsp3) is 0.364. The second-order valence-corrected chi connectivity index (χ2v) is 3.30. The zero-order chi connectivity index (χ0) is 12.2. The van der Waals surface area contributed by atoms with E-state index in [1.165, 1.54) is 13.2 Å². The lowest BCUT2D eigenvalue weighted by molar-refractivity contribution is -0.148. The maximum atomic E-state index is 13.0. The molecule has 1 aromatic rings. The van der Waals surface area contributed by atoms with Gasteiger partial charge in [0.15, 0.2) is 5.54 Å². The van der Waals surface area contributed by atoms with Crippen molar-refractivity contribution in [3.05, 3.63) is 29.8 Å². The minimum atomic E-state index is -1.82. The highest BCUT2D eigenvalue weighted by Crippen LogP contribution is 2.29. The summed E-state index contributed by atoms with van der Waals surface area (Å²) in [5, 5.41) is 0. The first-order chi connectivity index (χ1) is 7.60. The van der Waals surface area contributed by atoms with Crippen molar-refractivity contribution in [2.24, 2.45) is 5.73 Å². The van der Waals surface area contributed by atoms with E-state index >= 15 is 0 Å². The summed E-state index contributed by atoms with van der Waals surface area (Å²) in [5.74, 6) is -0.479. The van der Waals surface area contributed by atoms with E-state index in [4.69, 9.17) is 10.5 Å². The van der Waals surface area contributed by atoms with Crippen LogP contribution in [0.15, 0.2) is 24.3 Å². The number of ether oxygens (including phenoxy) is 2. The van der Waals surface area contributed by atoms with Crippen molar-refractivity contribution >= 4 is 5.97 Å². The molecule has 0 aliphatic rings. The van der Waals surface area contributed by atoms with Crippen LogP contribution in [0, 0.1) is 0 Å². The number of esters is 1. The third-order valence-electron chi connectivity index (χ3n) is 2.35. The van der Waals surface area contributed by atoms with E-state index in [-0.39, 0.29) is 5.56 Å². The first-order valence-electron chi connectivity index (χ1n) is 4.67. The second kappa shape index (κ2) is 4.94. The molecule has 0 heterocycles. The fourth-order valence-electron chi connectivity index (χ4n) is 1.43. The van der Waals surface area contributed by atoms with Crippen molar-refractivity contribution < 1.29 is 18.7 Å². The summed E-state index contributed by atoms with van der Waals surface area (Å²) in [6, 6.07) is 6.50. The number of para-hydroxylation sites is 1. The molecule has 0 aliphatic carbocycles. The van der Waals surface area contributed by atoms with Gasteiger partial charge in [-0.15, -0.1) is 0 Å². The van der Waals surface area contributed by atoms with Crippen molar-refractivity contribution in [2.45, 2.75) is 5.54 Å². The van der Waals surface area contributed by atoms with Crippen LogP contribution in [0.4, 0.5) is 4.39 Å². The Hall–Kier alpha value is -1.62. The van der Waals surface area contributed by atoms with Gasteiger partial charge in [-0.3, -0.25) is 0 Å². The molecule has 1 atom stereocenters. The predicted molar refractivity (Wildman–Crippen MR) is 56.9 cm³/mol. The fourth-order valence-corrected chi connectivity index (χ4v) is 1.43. The van der Waals surface area contributed by atoms with Gasteiger partial charge in [0, 0.05) is 5.56 Å². The van der Waals surface area contributed by atoms with Crippen molar-refractivity contribution in [1.29, 1.82) is 0 Å². The van der Waals surface area contributed by atoms with Crippen LogP contribution in [0.3, 0.4) is 0 Å². The van der Waals surface area contributed by atoms with Crippen LogP contribution < -0.4 is 10.5 Å². The zero-order valence-corrected chi connectivity index (χ0v) is 9.20. The Kier molecular flexibility index (Phi) is 3.84. The summed E-state index contributed by atoms with van der Waals surface area (Å²) < 4.78 is 22.5. The number of hydrogen-bond acceptors (Lipinski definition) is 4. The lowest BCUT2D eigenvalue weighted by atomic mass is 9.91. The number of hydrogen-bond donors (Lipinski definition) is 1. The largest absolute Gasteiger partial charge is 0.496 e. The van der Waals surface area contributed by atoms with Crippen LogP contribution in [0.1, 0.15) is 5.56 Å². The van der Waals surface area contributed by atoms with Gasteiger partial charge >= 0.3 is 5.97 Å². The number of carbonyl (C=O) groups is 1. The normalized spacial score (nSPS) is 14.0. The molecule has 1 rings (SSSR count). The average Bonchev–Trinajstić information content (AvgIpc) is 2.36. The van der Waals surface area contributed by atoms with Crippen LogP contribution in [-0.2, 0) is 15.1 Å². The minimum Gasteiger partial charge on any atom is -0.496 e. The smallest absolute Gasteiger partial charge is 0.333 e. The van der Waals surface area contributed by atoms with Crippen LogP contribution in [0.2, 0.25) is 0 Å². The van der Waals surface area contributed by atoms with Gasteiger partial charge in [-0.1, -0.05) is 18.2 Å². The van der Waals surface area contributed by atoms with Gasteiger partial charge in [-0.05, 0) is 6.07 Å². The first kappa shape index (κ1) is 12.4. The lowest BCUT2D eigenvalue weighted by Gasteiger charge is -2.25. The number of alkyl halides is 1. The van der Waals surface area contributed by atoms with Crippen LogP contribution >= 0.6 is 0 Å². The van der Waals surface area contributed by atoms with Gasteiger partial charge in [-0.25, -0.2) is 9.18 Å². The van der Waals surface area contributed by atoms with Crippen LogP contribution in [-0.4, -0.2) is 26.9 Å². The second-order valence-electron chi connectivity index (χ2n) is 3.30. The minimum absolute atomic E-state index is 0.270. The Morgan fingerprint density at radius 2 is 2.06 bits per heavy atom. The third-order valence-corrected chi connectivity index (χ3v) is 2.35. The summed E-state index contributed by atoms with van der Waals surface area (Å²) in [7, 11) is 2.59. The number of methoxy groups -OCH3 is 2. The van der Waals surface area contributed by atoms with E-state index < -0.39 is 18.2 Å².